The lowest BCUT2D eigenvalue weighted by Crippen LogP contribution is -2.33. The van der Waals surface area contributed by atoms with Gasteiger partial charge in [-0.15, -0.1) is 0 Å². The number of nitrogens with zero attached hydrogens (tertiary/aromatic N) is 3. The number of hydrogen-bond acceptors (Lipinski definition) is 10. The monoisotopic (exact) mass is 646 g/mol. The zero-order valence-electron chi connectivity index (χ0n) is 26.2. The van der Waals surface area contributed by atoms with E-state index >= 15 is 0 Å². The molecule has 4 aromatic rings. The number of nitro groups is 1. The third kappa shape index (κ3) is 8.65. The Morgan fingerprint density at radius 2 is 1.32 bits per heavy atom. The van der Waals surface area contributed by atoms with Crippen molar-refractivity contribution >= 4 is 56.9 Å². The molecule has 0 radical (unpaired) electrons. The largest absolute Gasteiger partial charge is 0.493 e. The number of nitro benzene ring substituents is 1. The molecule has 4 N–H and O–H groups in total. The number of aromatic nitrogens is 2. The van der Waals surface area contributed by atoms with Crippen molar-refractivity contribution in [3.63, 3.8) is 0 Å². The Kier molecular flexibility index (Phi) is 10.8. The van der Waals surface area contributed by atoms with E-state index in [1.165, 1.54) is 24.3 Å². The molecule has 0 aliphatic carbocycles. The molecule has 3 amide bonds. The molecule has 0 unspecified atom stereocenters. The number of fused-ring (bicyclic) bond motifs is 2. The van der Waals surface area contributed by atoms with Crippen molar-refractivity contribution in [1.82, 2.24) is 20.6 Å². The van der Waals surface area contributed by atoms with E-state index in [4.69, 9.17) is 14.6 Å². The number of nitrogens with one attached hydrogen (secondary N) is 3. The molecule has 0 atom stereocenters. The van der Waals surface area contributed by atoms with E-state index in [0.29, 0.717) is 23.1 Å². The molecular formula is C32H34N6O9. The van der Waals surface area contributed by atoms with Gasteiger partial charge in [-0.25, -0.2) is 9.97 Å². The van der Waals surface area contributed by atoms with Crippen LogP contribution >= 0.6 is 0 Å². The minimum absolute atomic E-state index is 0.0335. The van der Waals surface area contributed by atoms with E-state index in [-0.39, 0.29) is 58.0 Å². The number of hydrogen-bond donors (Lipinski definition) is 4. The summed E-state index contributed by atoms with van der Waals surface area (Å²) in [6.45, 7) is 7.21. The predicted molar refractivity (Wildman–Crippen MR) is 172 cm³/mol. The number of ether oxygens (including phenoxy) is 2. The van der Waals surface area contributed by atoms with Crippen LogP contribution in [0.25, 0.3) is 21.8 Å². The molecule has 2 aromatic heterocycles. The van der Waals surface area contributed by atoms with Gasteiger partial charge in [0.25, 0.3) is 17.5 Å². The second-order valence-electron chi connectivity index (χ2n) is 11.4. The normalized spacial score (nSPS) is 11.0. The number of pyridine rings is 2. The van der Waals surface area contributed by atoms with Gasteiger partial charge in [0.2, 0.25) is 5.91 Å². The molecule has 0 bridgehead atoms. The smallest absolute Gasteiger partial charge is 0.322 e. The van der Waals surface area contributed by atoms with Crippen molar-refractivity contribution < 1.29 is 38.7 Å². The lowest BCUT2D eigenvalue weighted by atomic mass is 10.1. The van der Waals surface area contributed by atoms with E-state index in [1.54, 1.807) is 24.3 Å². The molecule has 4 rings (SSSR count). The minimum Gasteiger partial charge on any atom is -0.493 e. The van der Waals surface area contributed by atoms with Gasteiger partial charge in [0.05, 0.1) is 35.9 Å². The van der Waals surface area contributed by atoms with Crippen molar-refractivity contribution in [1.29, 1.82) is 0 Å². The summed E-state index contributed by atoms with van der Waals surface area (Å²) in [7, 11) is 0. The van der Waals surface area contributed by atoms with Crippen LogP contribution in [0.2, 0.25) is 0 Å². The molecule has 2 aromatic carbocycles. The van der Waals surface area contributed by atoms with Crippen LogP contribution in [0, 0.1) is 22.0 Å². The lowest BCUT2D eigenvalue weighted by molar-refractivity contribution is -0.383. The van der Waals surface area contributed by atoms with Gasteiger partial charge in [-0.3, -0.25) is 29.3 Å². The second kappa shape index (κ2) is 14.9. The Morgan fingerprint density at radius 3 is 1.85 bits per heavy atom. The number of amides is 3. The zero-order chi connectivity index (χ0) is 34.2. The van der Waals surface area contributed by atoms with Crippen LogP contribution in [-0.4, -0.2) is 70.0 Å². The van der Waals surface area contributed by atoms with Gasteiger partial charge in [0, 0.05) is 29.0 Å². The second-order valence-corrected chi connectivity index (χ2v) is 11.4. The van der Waals surface area contributed by atoms with Crippen LogP contribution in [0.4, 0.5) is 11.4 Å². The summed E-state index contributed by atoms with van der Waals surface area (Å²) in [6.07, 6.45) is 0. The standard InChI is InChI=1S/C32H34N6O9/c1-17(2)15-46-25-11-22(32(43)34-14-28(40)41)36-29-19(25)7-5-9-21(29)35-27(39)13-33-31(42)23-12-26(47-16-18(3)4)20-8-6-10-24(38(44)45)30(20)37-23/h5-12,17-18H,13-16H2,1-4H3,(H,33,42)(H,34,43)(H,35,39)(H,40,41). The van der Waals surface area contributed by atoms with Crippen LogP contribution < -0.4 is 25.4 Å². The van der Waals surface area contributed by atoms with E-state index in [9.17, 15) is 29.3 Å². The number of para-hydroxylation sites is 2. The molecule has 2 heterocycles. The molecule has 15 heteroatoms. The quantitative estimate of drug-likeness (QED) is 0.114. The van der Waals surface area contributed by atoms with Crippen molar-refractivity contribution in [3.05, 3.63) is 70.0 Å². The predicted octanol–water partition coefficient (Wildman–Crippen LogP) is 3.94. The SMILES string of the molecule is CC(C)COc1cc(C(=O)NCC(=O)O)nc2c(NC(=O)CNC(=O)c3cc(OCC(C)C)c4cccc([N+](=O)[O-])c4n3)cccc12. The number of carbonyl (C=O) groups is 4. The van der Waals surface area contributed by atoms with E-state index < -0.39 is 41.7 Å². The summed E-state index contributed by atoms with van der Waals surface area (Å²) in [6, 6.07) is 12.0. The molecule has 0 aliphatic heterocycles. The van der Waals surface area contributed by atoms with Gasteiger partial charge < -0.3 is 30.5 Å². The van der Waals surface area contributed by atoms with E-state index in [0.717, 1.165) is 0 Å². The third-order valence-corrected chi connectivity index (χ3v) is 6.47. The van der Waals surface area contributed by atoms with E-state index in [2.05, 4.69) is 25.9 Å². The maximum atomic E-state index is 13.1. The van der Waals surface area contributed by atoms with Crippen molar-refractivity contribution in [3.8, 4) is 11.5 Å². The average molecular weight is 647 g/mol. The van der Waals surface area contributed by atoms with Crippen LogP contribution in [-0.2, 0) is 9.59 Å². The Balaban J connectivity index is 1.59. The van der Waals surface area contributed by atoms with Gasteiger partial charge in [-0.05, 0) is 30.0 Å². The topological polar surface area (TPSA) is 212 Å². The molecule has 246 valence electrons. The number of rotatable bonds is 14. The number of carbonyl (C=O) groups excluding carboxylic acids is 3. The highest BCUT2D eigenvalue weighted by molar-refractivity contribution is 6.06. The molecule has 47 heavy (non-hydrogen) atoms. The lowest BCUT2D eigenvalue weighted by Gasteiger charge is -2.15. The third-order valence-electron chi connectivity index (χ3n) is 6.47. The molecule has 15 nitrogen and oxygen atoms in total. The summed E-state index contributed by atoms with van der Waals surface area (Å²) in [5, 5.41) is 28.9. The number of benzene rings is 2. The Bertz CT molecular complexity index is 1860. The fraction of sp³-hybridized carbons (Fsp3) is 0.312. The van der Waals surface area contributed by atoms with Crippen LogP contribution in [0.3, 0.4) is 0 Å². The maximum Gasteiger partial charge on any atom is 0.322 e. The molecule has 0 fully saturated rings. The highest BCUT2D eigenvalue weighted by atomic mass is 16.6. The molecule has 0 saturated heterocycles. The van der Waals surface area contributed by atoms with Crippen LogP contribution in [0.1, 0.15) is 48.7 Å². The highest BCUT2D eigenvalue weighted by Crippen LogP contribution is 2.33. The first-order chi connectivity index (χ1) is 22.3. The summed E-state index contributed by atoms with van der Waals surface area (Å²) < 4.78 is 11.8. The van der Waals surface area contributed by atoms with Crippen molar-refractivity contribution in [2.75, 3.05) is 31.6 Å². The highest BCUT2D eigenvalue weighted by Gasteiger charge is 2.21. The minimum atomic E-state index is -1.23. The number of carboxylic acids is 1. The molecular weight excluding hydrogens is 612 g/mol. The Labute approximate surface area is 268 Å². The number of non-ortho nitro benzene ring substituents is 1. The summed E-state index contributed by atoms with van der Waals surface area (Å²) in [5.74, 6) is -2.58. The number of aliphatic carboxylic acids is 1. The summed E-state index contributed by atoms with van der Waals surface area (Å²) in [5.41, 5.74) is -0.250. The van der Waals surface area contributed by atoms with Crippen molar-refractivity contribution in [2.45, 2.75) is 27.7 Å². The van der Waals surface area contributed by atoms with Gasteiger partial charge in [-0.2, -0.15) is 0 Å². The van der Waals surface area contributed by atoms with Gasteiger partial charge in [0.15, 0.2) is 5.52 Å². The first kappa shape index (κ1) is 34.0. The number of carboxylic acid groups (broad SMARTS) is 1. The summed E-state index contributed by atoms with van der Waals surface area (Å²) >= 11 is 0. The Hall–Kier alpha value is -5.86. The average Bonchev–Trinajstić information content (AvgIpc) is 3.03. The first-order valence-corrected chi connectivity index (χ1v) is 14.7. The van der Waals surface area contributed by atoms with E-state index in [1.807, 2.05) is 27.7 Å². The van der Waals surface area contributed by atoms with Gasteiger partial charge >= 0.3 is 5.97 Å². The fourth-order valence-corrected chi connectivity index (χ4v) is 4.34. The summed E-state index contributed by atoms with van der Waals surface area (Å²) in [4.78, 5) is 69.5. The maximum absolute atomic E-state index is 13.1. The molecule has 0 spiro atoms. The first-order valence-electron chi connectivity index (χ1n) is 14.7. The van der Waals surface area contributed by atoms with Crippen LogP contribution in [0.15, 0.2) is 48.5 Å². The van der Waals surface area contributed by atoms with Gasteiger partial charge in [-0.1, -0.05) is 39.8 Å². The molecule has 0 aliphatic rings. The van der Waals surface area contributed by atoms with Gasteiger partial charge in [0.1, 0.15) is 29.4 Å². The molecule has 0 saturated carbocycles. The number of anilines is 1. The fourth-order valence-electron chi connectivity index (χ4n) is 4.34. The van der Waals surface area contributed by atoms with Crippen molar-refractivity contribution in [2.24, 2.45) is 11.8 Å². The van der Waals surface area contributed by atoms with Crippen LogP contribution in [0.5, 0.6) is 11.5 Å². The Morgan fingerprint density at radius 1 is 0.809 bits per heavy atom. The zero-order valence-corrected chi connectivity index (χ0v) is 26.2.